The monoisotopic (exact) mass is 423 g/mol. The minimum atomic E-state index is -0.449. The fourth-order valence-electron chi connectivity index (χ4n) is 2.78. The first kappa shape index (κ1) is 21.2. The van der Waals surface area contributed by atoms with Gasteiger partial charge in [0.2, 0.25) is 5.91 Å². The van der Waals surface area contributed by atoms with Crippen molar-refractivity contribution < 1.29 is 14.5 Å². The zero-order valence-corrected chi connectivity index (χ0v) is 17.5. The number of non-ortho nitro benzene ring substituents is 1. The van der Waals surface area contributed by atoms with Crippen molar-refractivity contribution >= 4 is 29.0 Å². The molecule has 0 aliphatic carbocycles. The van der Waals surface area contributed by atoms with Crippen molar-refractivity contribution in [2.45, 2.75) is 20.1 Å². The largest absolute Gasteiger partial charge is 0.487 e. The van der Waals surface area contributed by atoms with Gasteiger partial charge in [0.05, 0.1) is 15.6 Å². The number of nitrogens with zero attached hydrogens (tertiary/aromatic N) is 3. The Hall–Kier alpha value is -3.52. The van der Waals surface area contributed by atoms with E-state index in [9.17, 15) is 14.9 Å². The molecule has 1 aromatic heterocycles. The highest BCUT2D eigenvalue weighted by atomic mass is 32.1. The second-order valence-corrected chi connectivity index (χ2v) is 7.70. The highest BCUT2D eigenvalue weighted by Gasteiger charge is 2.10. The van der Waals surface area contributed by atoms with Gasteiger partial charge in [-0.15, -0.1) is 11.3 Å². The molecule has 2 aromatic carbocycles. The number of aryl methyl sites for hydroxylation is 1. The summed E-state index contributed by atoms with van der Waals surface area (Å²) in [5, 5.41) is 13.9. The smallest absolute Gasteiger partial charge is 0.269 e. The summed E-state index contributed by atoms with van der Waals surface area (Å²) in [5.74, 6) is 0.444. The van der Waals surface area contributed by atoms with Crippen molar-refractivity contribution in [1.29, 1.82) is 0 Å². The summed E-state index contributed by atoms with van der Waals surface area (Å²) < 4.78 is 5.86. The van der Waals surface area contributed by atoms with E-state index in [1.165, 1.54) is 23.1 Å². The molecule has 1 amide bonds. The zero-order valence-electron chi connectivity index (χ0n) is 16.6. The van der Waals surface area contributed by atoms with Crippen molar-refractivity contribution in [2.24, 2.45) is 0 Å². The predicted octanol–water partition coefficient (Wildman–Crippen LogP) is 4.61. The van der Waals surface area contributed by atoms with Crippen LogP contribution in [-0.2, 0) is 17.9 Å². The summed E-state index contributed by atoms with van der Waals surface area (Å²) >= 11 is 1.57. The molecule has 0 spiro atoms. The maximum atomic E-state index is 12.5. The van der Waals surface area contributed by atoms with Gasteiger partial charge in [-0.2, -0.15) is 0 Å². The molecule has 30 heavy (non-hydrogen) atoms. The van der Waals surface area contributed by atoms with Gasteiger partial charge < -0.3 is 9.64 Å². The van der Waals surface area contributed by atoms with E-state index >= 15 is 0 Å². The first-order valence-corrected chi connectivity index (χ1v) is 10.1. The average molecular weight is 423 g/mol. The fraction of sp³-hybridized carbons (Fsp3) is 0.182. The van der Waals surface area contributed by atoms with Crippen LogP contribution < -0.4 is 4.74 Å². The van der Waals surface area contributed by atoms with E-state index < -0.39 is 4.92 Å². The van der Waals surface area contributed by atoms with Crippen LogP contribution in [0.5, 0.6) is 5.75 Å². The molecule has 0 fully saturated rings. The molecule has 0 unspecified atom stereocenters. The number of nitro benzene ring substituents is 1. The molecule has 3 aromatic rings. The maximum Gasteiger partial charge on any atom is 0.269 e. The zero-order chi connectivity index (χ0) is 21.5. The van der Waals surface area contributed by atoms with Crippen LogP contribution in [0.25, 0.3) is 6.08 Å². The van der Waals surface area contributed by atoms with Crippen LogP contribution >= 0.6 is 11.3 Å². The molecule has 0 bridgehead atoms. The van der Waals surface area contributed by atoms with Crippen LogP contribution in [0.1, 0.15) is 21.8 Å². The van der Waals surface area contributed by atoms with E-state index in [4.69, 9.17) is 4.74 Å². The average Bonchev–Trinajstić information content (AvgIpc) is 3.16. The fourth-order valence-corrected chi connectivity index (χ4v) is 3.38. The first-order chi connectivity index (χ1) is 14.4. The second-order valence-electron chi connectivity index (χ2n) is 6.64. The molecule has 154 valence electrons. The van der Waals surface area contributed by atoms with Crippen molar-refractivity contribution in [1.82, 2.24) is 9.88 Å². The van der Waals surface area contributed by atoms with Gasteiger partial charge in [0, 0.05) is 42.7 Å². The lowest BCUT2D eigenvalue weighted by Gasteiger charge is -2.15. The number of aromatic nitrogens is 1. The molecule has 0 aliphatic heterocycles. The highest BCUT2D eigenvalue weighted by Crippen LogP contribution is 2.21. The number of para-hydroxylation sites is 1. The number of likely N-dealkylation sites (N-methyl/N-ethyl adjacent to an activating group) is 1. The van der Waals surface area contributed by atoms with E-state index in [-0.39, 0.29) is 18.1 Å². The summed E-state index contributed by atoms with van der Waals surface area (Å²) in [6.07, 6.45) is 3.17. The maximum absolute atomic E-state index is 12.5. The van der Waals surface area contributed by atoms with Gasteiger partial charge in [-0.25, -0.2) is 4.98 Å². The molecule has 0 atom stereocenters. The van der Waals surface area contributed by atoms with E-state index in [1.807, 2.05) is 36.6 Å². The Kier molecular flexibility index (Phi) is 6.92. The van der Waals surface area contributed by atoms with Crippen molar-refractivity contribution in [3.05, 3.63) is 91.9 Å². The van der Waals surface area contributed by atoms with Gasteiger partial charge in [0.25, 0.3) is 5.69 Å². The Balaban J connectivity index is 1.64. The van der Waals surface area contributed by atoms with Gasteiger partial charge in [-0.05, 0) is 24.6 Å². The molecule has 8 heteroatoms. The Bertz CT molecular complexity index is 1080. The number of rotatable bonds is 8. The van der Waals surface area contributed by atoms with E-state index in [0.29, 0.717) is 17.9 Å². The van der Waals surface area contributed by atoms with Gasteiger partial charge in [-0.1, -0.05) is 30.3 Å². The lowest BCUT2D eigenvalue weighted by atomic mass is 10.1. The van der Waals surface area contributed by atoms with Crippen LogP contribution in [0, 0.1) is 17.0 Å². The SMILES string of the molecule is Cc1nc(COc2ccccc2/C=C/C(=O)N(C)Cc2cccc([N+](=O)[O-])c2)cs1. The lowest BCUT2D eigenvalue weighted by molar-refractivity contribution is -0.384. The summed E-state index contributed by atoms with van der Waals surface area (Å²) in [4.78, 5) is 28.8. The molecule has 3 rings (SSSR count). The minimum absolute atomic E-state index is 0.00488. The Morgan fingerprint density at radius 3 is 2.80 bits per heavy atom. The third-order valence-corrected chi connectivity index (χ3v) is 5.11. The molecule has 0 N–H and O–H groups in total. The Morgan fingerprint density at radius 1 is 1.27 bits per heavy atom. The number of amides is 1. The van der Waals surface area contributed by atoms with Crippen molar-refractivity contribution in [3.63, 3.8) is 0 Å². The number of nitro groups is 1. The third kappa shape index (κ3) is 5.74. The van der Waals surface area contributed by atoms with Crippen LogP contribution in [0.2, 0.25) is 0 Å². The predicted molar refractivity (Wildman–Crippen MR) is 116 cm³/mol. The molecule has 0 saturated carbocycles. The van der Waals surface area contributed by atoms with Gasteiger partial charge in [0.1, 0.15) is 12.4 Å². The highest BCUT2D eigenvalue weighted by molar-refractivity contribution is 7.09. The molecule has 0 aliphatic rings. The van der Waals surface area contributed by atoms with E-state index in [2.05, 4.69) is 4.98 Å². The minimum Gasteiger partial charge on any atom is -0.487 e. The first-order valence-electron chi connectivity index (χ1n) is 9.21. The van der Waals surface area contributed by atoms with Crippen molar-refractivity contribution in [3.8, 4) is 5.75 Å². The van der Waals surface area contributed by atoms with E-state index in [1.54, 1.807) is 36.6 Å². The molecular weight excluding hydrogens is 402 g/mol. The summed E-state index contributed by atoms with van der Waals surface area (Å²) in [6, 6.07) is 13.7. The van der Waals surface area contributed by atoms with Gasteiger partial charge in [0.15, 0.2) is 0 Å². The second kappa shape index (κ2) is 9.80. The number of benzene rings is 2. The van der Waals surface area contributed by atoms with E-state index in [0.717, 1.165) is 16.3 Å². The van der Waals surface area contributed by atoms with Crippen molar-refractivity contribution in [2.75, 3.05) is 7.05 Å². The number of carbonyl (C=O) groups excluding carboxylic acids is 1. The number of hydrogen-bond donors (Lipinski definition) is 0. The normalized spacial score (nSPS) is 10.9. The molecule has 1 heterocycles. The quantitative estimate of drug-likeness (QED) is 0.300. The van der Waals surface area contributed by atoms with Crippen LogP contribution in [0.4, 0.5) is 5.69 Å². The molecule has 0 saturated heterocycles. The summed E-state index contributed by atoms with van der Waals surface area (Å²) in [5.41, 5.74) is 2.34. The number of ether oxygens (including phenoxy) is 1. The molecule has 0 radical (unpaired) electrons. The number of thiazole rings is 1. The van der Waals surface area contributed by atoms with Gasteiger partial charge in [-0.3, -0.25) is 14.9 Å². The standard InChI is InChI=1S/C22H21N3O4S/c1-16-23-19(15-30-16)14-29-21-9-4-3-7-18(21)10-11-22(26)24(2)13-17-6-5-8-20(12-17)25(27)28/h3-12,15H,13-14H2,1-2H3/b11-10+. The Morgan fingerprint density at radius 2 is 2.07 bits per heavy atom. The van der Waals surface area contributed by atoms with Crippen LogP contribution in [-0.4, -0.2) is 27.8 Å². The number of hydrogen-bond acceptors (Lipinski definition) is 6. The number of carbonyl (C=O) groups is 1. The summed E-state index contributed by atoms with van der Waals surface area (Å²) in [6.45, 7) is 2.57. The van der Waals surface area contributed by atoms with Gasteiger partial charge >= 0.3 is 0 Å². The topological polar surface area (TPSA) is 85.6 Å². The molecular formula is C22H21N3O4S. The third-order valence-electron chi connectivity index (χ3n) is 4.28. The van der Waals surface area contributed by atoms with Crippen LogP contribution in [0.15, 0.2) is 60.0 Å². The Labute approximate surface area is 178 Å². The van der Waals surface area contributed by atoms with Crippen LogP contribution in [0.3, 0.4) is 0 Å². The molecule has 7 nitrogen and oxygen atoms in total. The lowest BCUT2D eigenvalue weighted by Crippen LogP contribution is -2.24. The summed E-state index contributed by atoms with van der Waals surface area (Å²) in [7, 11) is 1.65.